The van der Waals surface area contributed by atoms with Crippen LogP contribution in [-0.2, 0) is 4.79 Å². The van der Waals surface area contributed by atoms with Crippen LogP contribution in [0.15, 0.2) is 23.2 Å². The molecule has 1 aliphatic heterocycles. The number of carboxylic acid groups (broad SMARTS) is 1. The minimum atomic E-state index is -1.10. The number of carboxylic acids is 1. The van der Waals surface area contributed by atoms with E-state index in [9.17, 15) is 15.0 Å². The van der Waals surface area contributed by atoms with Crippen LogP contribution in [0.3, 0.4) is 0 Å². The number of aromatic hydroxyl groups is 1. The molecule has 106 valence electrons. The maximum Gasteiger partial charge on any atom is 0.355 e. The summed E-state index contributed by atoms with van der Waals surface area (Å²) < 4.78 is 0.427. The number of aliphatic imine (C=N–C) groups is 1. The van der Waals surface area contributed by atoms with E-state index in [-0.39, 0.29) is 11.6 Å². The SMILES string of the molecule is Cc1ccc2c(c1)/C(=C/c1sc(=S)[nH]c1O)C(C(=O)O)=N2. The zero-order valence-electron chi connectivity index (χ0n) is 10.9. The number of nitrogens with zero attached hydrogens (tertiary/aromatic N) is 1. The van der Waals surface area contributed by atoms with Crippen LogP contribution in [0.5, 0.6) is 5.88 Å². The molecule has 5 nitrogen and oxygen atoms in total. The fraction of sp³-hybridized carbons (Fsp3) is 0.0714. The van der Waals surface area contributed by atoms with Crippen LogP contribution >= 0.6 is 23.6 Å². The van der Waals surface area contributed by atoms with E-state index >= 15 is 0 Å². The van der Waals surface area contributed by atoms with Gasteiger partial charge in [-0.15, -0.1) is 11.3 Å². The molecular formula is C14H10N2O3S2. The van der Waals surface area contributed by atoms with Gasteiger partial charge < -0.3 is 15.2 Å². The second-order valence-corrected chi connectivity index (χ2v) is 6.29. The first-order chi connectivity index (χ1) is 9.95. The predicted molar refractivity (Wildman–Crippen MR) is 84.9 cm³/mol. The zero-order chi connectivity index (χ0) is 15.1. The van der Waals surface area contributed by atoms with Gasteiger partial charge in [0.1, 0.15) is 0 Å². The summed E-state index contributed by atoms with van der Waals surface area (Å²) in [6.07, 6.45) is 1.60. The van der Waals surface area contributed by atoms with Crippen molar-refractivity contribution in [2.45, 2.75) is 6.92 Å². The predicted octanol–water partition coefficient (Wildman–Crippen LogP) is 3.53. The van der Waals surface area contributed by atoms with Gasteiger partial charge in [-0.3, -0.25) is 0 Å². The number of benzene rings is 1. The summed E-state index contributed by atoms with van der Waals surface area (Å²) in [5.41, 5.74) is 2.80. The largest absolute Gasteiger partial charge is 0.494 e. The standard InChI is InChI=1S/C14H10N2O3S2/c1-6-2-3-9-7(4-6)8(11(15-9)13(18)19)5-10-12(17)16-14(20)21-10/h2-5,17H,1H3,(H,16,20)(H,18,19)/b8-5-. The Bertz CT molecular complexity index is 875. The summed E-state index contributed by atoms with van der Waals surface area (Å²) in [5, 5.41) is 19.1. The van der Waals surface area contributed by atoms with Gasteiger partial charge in [-0.1, -0.05) is 11.6 Å². The monoisotopic (exact) mass is 318 g/mol. The van der Waals surface area contributed by atoms with Crippen molar-refractivity contribution in [2.24, 2.45) is 4.99 Å². The first kappa shape index (κ1) is 13.7. The van der Waals surface area contributed by atoms with E-state index in [0.29, 0.717) is 20.1 Å². The number of carbonyl (C=O) groups is 1. The van der Waals surface area contributed by atoms with Crippen LogP contribution in [0, 0.1) is 10.9 Å². The lowest BCUT2D eigenvalue weighted by atomic mass is 10.0. The number of H-pyrrole nitrogens is 1. The van der Waals surface area contributed by atoms with Crippen LogP contribution in [0.2, 0.25) is 0 Å². The van der Waals surface area contributed by atoms with Crippen molar-refractivity contribution in [3.05, 3.63) is 38.2 Å². The lowest BCUT2D eigenvalue weighted by molar-refractivity contribution is -0.129. The highest BCUT2D eigenvalue weighted by Crippen LogP contribution is 2.38. The zero-order valence-corrected chi connectivity index (χ0v) is 12.5. The third-order valence-electron chi connectivity index (χ3n) is 3.06. The van der Waals surface area contributed by atoms with E-state index in [1.54, 1.807) is 12.1 Å². The van der Waals surface area contributed by atoms with E-state index in [1.807, 2.05) is 19.1 Å². The van der Waals surface area contributed by atoms with E-state index in [4.69, 9.17) is 12.2 Å². The van der Waals surface area contributed by atoms with Crippen LogP contribution in [-0.4, -0.2) is 26.9 Å². The molecule has 1 aromatic heterocycles. The minimum absolute atomic E-state index is 0.0330. The normalized spacial score (nSPS) is 15.1. The molecule has 0 saturated carbocycles. The average molecular weight is 318 g/mol. The Morgan fingerprint density at radius 1 is 1.48 bits per heavy atom. The average Bonchev–Trinajstić information content (AvgIpc) is 2.91. The van der Waals surface area contributed by atoms with E-state index in [2.05, 4.69) is 9.98 Å². The van der Waals surface area contributed by atoms with E-state index in [1.165, 1.54) is 11.3 Å². The third kappa shape index (κ3) is 2.41. The Morgan fingerprint density at radius 2 is 2.24 bits per heavy atom. The number of aryl methyl sites for hydroxylation is 1. The second kappa shape index (κ2) is 4.94. The van der Waals surface area contributed by atoms with Gasteiger partial charge in [0, 0.05) is 11.1 Å². The molecule has 1 aromatic carbocycles. The fourth-order valence-electron chi connectivity index (χ4n) is 2.14. The van der Waals surface area contributed by atoms with Crippen molar-refractivity contribution in [2.75, 3.05) is 0 Å². The van der Waals surface area contributed by atoms with Gasteiger partial charge in [0.2, 0.25) is 5.88 Å². The van der Waals surface area contributed by atoms with Gasteiger partial charge in [0.25, 0.3) is 0 Å². The first-order valence-corrected chi connectivity index (χ1v) is 7.25. The number of aromatic nitrogens is 1. The quantitative estimate of drug-likeness (QED) is 0.739. The first-order valence-electron chi connectivity index (χ1n) is 6.03. The molecule has 0 fully saturated rings. The number of rotatable bonds is 2. The van der Waals surface area contributed by atoms with Gasteiger partial charge >= 0.3 is 5.97 Å². The minimum Gasteiger partial charge on any atom is -0.494 e. The molecule has 0 aliphatic carbocycles. The smallest absolute Gasteiger partial charge is 0.355 e. The van der Waals surface area contributed by atoms with Crippen molar-refractivity contribution in [3.8, 4) is 5.88 Å². The molecule has 1 aliphatic rings. The molecule has 0 atom stereocenters. The number of aliphatic carboxylic acids is 1. The van der Waals surface area contributed by atoms with Gasteiger partial charge in [-0.05, 0) is 37.4 Å². The molecule has 0 saturated heterocycles. The summed E-state index contributed by atoms with van der Waals surface area (Å²) in [7, 11) is 0. The molecule has 3 N–H and O–H groups in total. The Balaban J connectivity index is 2.22. The number of hydrogen-bond acceptors (Lipinski definition) is 5. The van der Waals surface area contributed by atoms with Gasteiger partial charge in [0.05, 0.1) is 10.6 Å². The third-order valence-corrected chi connectivity index (χ3v) is 4.23. The molecule has 0 spiro atoms. The maximum absolute atomic E-state index is 11.4. The fourth-order valence-corrected chi connectivity index (χ4v) is 3.18. The Hall–Kier alpha value is -2.25. The molecule has 3 rings (SSSR count). The number of nitrogens with one attached hydrogen (secondary N) is 1. The Kier molecular flexibility index (Phi) is 3.23. The molecule has 7 heteroatoms. The Labute approximate surface area is 128 Å². The van der Waals surface area contributed by atoms with Crippen LogP contribution < -0.4 is 0 Å². The summed E-state index contributed by atoms with van der Waals surface area (Å²) in [5.74, 6) is -1.17. The number of thiazole rings is 1. The highest BCUT2D eigenvalue weighted by atomic mass is 32.1. The van der Waals surface area contributed by atoms with Crippen molar-refractivity contribution < 1.29 is 15.0 Å². The van der Waals surface area contributed by atoms with Crippen LogP contribution in [0.25, 0.3) is 11.6 Å². The number of fused-ring (bicyclic) bond motifs is 1. The lowest BCUT2D eigenvalue weighted by Crippen LogP contribution is -2.11. The van der Waals surface area contributed by atoms with Crippen molar-refractivity contribution in [1.29, 1.82) is 0 Å². The molecular weight excluding hydrogens is 308 g/mol. The van der Waals surface area contributed by atoms with E-state index in [0.717, 1.165) is 11.1 Å². The molecule has 0 amide bonds. The summed E-state index contributed by atoms with van der Waals surface area (Å²) in [4.78, 5) is 18.6. The van der Waals surface area contributed by atoms with Crippen molar-refractivity contribution in [1.82, 2.24) is 4.98 Å². The molecule has 0 radical (unpaired) electrons. The molecule has 0 bridgehead atoms. The van der Waals surface area contributed by atoms with E-state index < -0.39 is 5.97 Å². The van der Waals surface area contributed by atoms with Gasteiger partial charge in [-0.25, -0.2) is 9.79 Å². The molecule has 2 heterocycles. The topological polar surface area (TPSA) is 85.7 Å². The summed E-state index contributed by atoms with van der Waals surface area (Å²) in [6.45, 7) is 1.93. The summed E-state index contributed by atoms with van der Waals surface area (Å²) >= 11 is 6.15. The highest BCUT2D eigenvalue weighted by molar-refractivity contribution is 7.73. The summed E-state index contributed by atoms with van der Waals surface area (Å²) in [6, 6.07) is 5.54. The maximum atomic E-state index is 11.4. The molecule has 0 unspecified atom stereocenters. The van der Waals surface area contributed by atoms with Crippen molar-refractivity contribution in [3.63, 3.8) is 0 Å². The van der Waals surface area contributed by atoms with Crippen molar-refractivity contribution >= 4 is 52.6 Å². The second-order valence-electron chi connectivity index (χ2n) is 4.57. The van der Waals surface area contributed by atoms with Crippen LogP contribution in [0.1, 0.15) is 16.0 Å². The Morgan fingerprint density at radius 3 is 2.86 bits per heavy atom. The molecule has 2 aromatic rings. The highest BCUT2D eigenvalue weighted by Gasteiger charge is 2.26. The molecule has 21 heavy (non-hydrogen) atoms. The number of hydrogen-bond donors (Lipinski definition) is 3. The van der Waals surface area contributed by atoms with Gasteiger partial charge in [0.15, 0.2) is 9.67 Å². The van der Waals surface area contributed by atoms with Crippen LogP contribution in [0.4, 0.5) is 5.69 Å². The number of aromatic amines is 1. The lowest BCUT2D eigenvalue weighted by Gasteiger charge is -2.02. The van der Waals surface area contributed by atoms with Gasteiger partial charge in [-0.2, -0.15) is 0 Å².